The molecule has 4 rings (SSSR count). The predicted octanol–water partition coefficient (Wildman–Crippen LogP) is 3.42. The molecule has 3 heterocycles. The number of carbonyl (C=O) groups excluding carboxylic acids is 1. The van der Waals surface area contributed by atoms with Crippen molar-refractivity contribution < 1.29 is 9.53 Å². The maximum absolute atomic E-state index is 13.5. The molecule has 1 saturated heterocycles. The first-order valence-corrected chi connectivity index (χ1v) is 8.92. The van der Waals surface area contributed by atoms with Gasteiger partial charge in [-0.2, -0.15) is 0 Å². The van der Waals surface area contributed by atoms with E-state index in [1.165, 1.54) is 12.8 Å². The monoisotopic (exact) mass is 337 g/mol. The second kappa shape index (κ2) is 6.39. The molecule has 0 saturated carbocycles. The van der Waals surface area contributed by atoms with Crippen LogP contribution in [0.4, 0.5) is 11.4 Å². The number of hydrogen-bond acceptors (Lipinski definition) is 4. The number of carbonyl (C=O) groups is 1. The number of rotatable bonds is 2. The summed E-state index contributed by atoms with van der Waals surface area (Å²) in [6.45, 7) is 6.56. The van der Waals surface area contributed by atoms with Crippen molar-refractivity contribution in [1.82, 2.24) is 4.98 Å². The van der Waals surface area contributed by atoms with Crippen LogP contribution in [0, 0.1) is 6.92 Å². The van der Waals surface area contributed by atoms with Crippen LogP contribution < -0.4 is 14.5 Å². The van der Waals surface area contributed by atoms with Gasteiger partial charge >= 0.3 is 0 Å². The molecule has 0 spiro atoms. The molecule has 1 fully saturated rings. The van der Waals surface area contributed by atoms with E-state index in [-0.39, 0.29) is 12.0 Å². The minimum atomic E-state index is -0.0774. The quantitative estimate of drug-likeness (QED) is 0.842. The van der Waals surface area contributed by atoms with Crippen molar-refractivity contribution in [3.05, 3.63) is 47.7 Å². The lowest BCUT2D eigenvalue weighted by molar-refractivity contribution is 0.0959. The smallest absolute Gasteiger partial charge is 0.260 e. The minimum absolute atomic E-state index is 0.0231. The van der Waals surface area contributed by atoms with Crippen molar-refractivity contribution >= 4 is 17.3 Å². The molecular formula is C20H23N3O2. The second-order valence-electron chi connectivity index (χ2n) is 6.89. The Balaban J connectivity index is 1.75. The maximum atomic E-state index is 13.5. The Morgan fingerprint density at radius 2 is 2.00 bits per heavy atom. The number of aromatic nitrogens is 1. The molecule has 2 aromatic rings. The van der Waals surface area contributed by atoms with Crippen molar-refractivity contribution in [2.45, 2.75) is 32.8 Å². The van der Waals surface area contributed by atoms with Crippen molar-refractivity contribution in [1.29, 1.82) is 0 Å². The maximum Gasteiger partial charge on any atom is 0.260 e. The van der Waals surface area contributed by atoms with E-state index in [9.17, 15) is 4.79 Å². The van der Waals surface area contributed by atoms with Crippen molar-refractivity contribution in [3.63, 3.8) is 0 Å². The highest BCUT2D eigenvalue weighted by Crippen LogP contribution is 2.34. The van der Waals surface area contributed by atoms with Crippen LogP contribution in [-0.2, 0) is 0 Å². The fourth-order valence-electron chi connectivity index (χ4n) is 3.65. The molecule has 130 valence electrons. The average molecular weight is 337 g/mol. The molecular weight excluding hydrogens is 314 g/mol. The molecule has 1 unspecified atom stereocenters. The van der Waals surface area contributed by atoms with Crippen LogP contribution in [0.5, 0.6) is 5.88 Å². The molecule has 0 radical (unpaired) electrons. The molecule has 25 heavy (non-hydrogen) atoms. The Labute approximate surface area is 148 Å². The van der Waals surface area contributed by atoms with E-state index in [0.717, 1.165) is 35.6 Å². The molecule has 5 nitrogen and oxygen atoms in total. The number of amides is 1. The number of pyridine rings is 1. The summed E-state index contributed by atoms with van der Waals surface area (Å²) in [6.07, 6.45) is 3.99. The number of anilines is 2. The summed E-state index contributed by atoms with van der Waals surface area (Å²) >= 11 is 0. The Morgan fingerprint density at radius 1 is 1.20 bits per heavy atom. The van der Waals surface area contributed by atoms with Gasteiger partial charge in [-0.1, -0.05) is 11.6 Å². The lowest BCUT2D eigenvalue weighted by Crippen LogP contribution is -2.43. The average Bonchev–Trinajstić information content (AvgIpc) is 3.14. The van der Waals surface area contributed by atoms with Gasteiger partial charge in [-0.15, -0.1) is 0 Å². The van der Waals surface area contributed by atoms with E-state index in [4.69, 9.17) is 4.74 Å². The summed E-state index contributed by atoms with van der Waals surface area (Å²) in [6, 6.07) is 9.92. The molecule has 1 amide bonds. The van der Waals surface area contributed by atoms with Gasteiger partial charge in [0.1, 0.15) is 11.8 Å². The molecule has 5 heteroatoms. The van der Waals surface area contributed by atoms with E-state index in [1.54, 1.807) is 6.20 Å². The number of aryl methyl sites for hydroxylation is 1. The first-order valence-electron chi connectivity index (χ1n) is 8.92. The Hall–Kier alpha value is -2.56. The number of nitrogens with zero attached hydrogens (tertiary/aromatic N) is 3. The van der Waals surface area contributed by atoms with E-state index in [2.05, 4.69) is 22.0 Å². The summed E-state index contributed by atoms with van der Waals surface area (Å²) in [4.78, 5) is 21.9. The fraction of sp³-hybridized carbons (Fsp3) is 0.400. The van der Waals surface area contributed by atoms with Crippen LogP contribution in [-0.4, -0.2) is 36.6 Å². The molecule has 0 bridgehead atoms. The zero-order chi connectivity index (χ0) is 17.4. The van der Waals surface area contributed by atoms with Gasteiger partial charge in [0.2, 0.25) is 5.88 Å². The SMILES string of the molecule is Cc1ccc(N2CCCC2)c(C(=O)N2CC(C)Oc3ncccc32)c1. The lowest BCUT2D eigenvalue weighted by atomic mass is 10.1. The van der Waals surface area contributed by atoms with Crippen LogP contribution in [0.2, 0.25) is 0 Å². The van der Waals surface area contributed by atoms with Crippen molar-refractivity contribution in [2.24, 2.45) is 0 Å². The molecule has 2 aliphatic heterocycles. The lowest BCUT2D eigenvalue weighted by Gasteiger charge is -2.33. The van der Waals surface area contributed by atoms with Gasteiger partial charge < -0.3 is 9.64 Å². The highest BCUT2D eigenvalue weighted by Gasteiger charge is 2.31. The zero-order valence-electron chi connectivity index (χ0n) is 14.7. The first-order chi connectivity index (χ1) is 12.1. The largest absolute Gasteiger partial charge is 0.471 e. The van der Waals surface area contributed by atoms with Crippen molar-refractivity contribution in [2.75, 3.05) is 29.4 Å². The van der Waals surface area contributed by atoms with Gasteiger partial charge in [0, 0.05) is 25.0 Å². The van der Waals surface area contributed by atoms with E-state index >= 15 is 0 Å². The fourth-order valence-corrected chi connectivity index (χ4v) is 3.65. The summed E-state index contributed by atoms with van der Waals surface area (Å²) in [7, 11) is 0. The van der Waals surface area contributed by atoms with Gasteiger partial charge in [-0.3, -0.25) is 9.69 Å². The van der Waals surface area contributed by atoms with Gasteiger partial charge in [-0.25, -0.2) is 4.98 Å². The molecule has 1 aromatic carbocycles. The third-order valence-electron chi connectivity index (χ3n) is 4.87. The normalized spacial score (nSPS) is 19.5. The first kappa shape index (κ1) is 15.9. The molecule has 1 aromatic heterocycles. The number of hydrogen-bond donors (Lipinski definition) is 0. The number of benzene rings is 1. The van der Waals surface area contributed by atoms with Gasteiger partial charge in [0.05, 0.1) is 12.1 Å². The van der Waals surface area contributed by atoms with Gasteiger partial charge in [-0.05, 0) is 51.0 Å². The third kappa shape index (κ3) is 2.95. The summed E-state index contributed by atoms with van der Waals surface area (Å²) < 4.78 is 5.79. The molecule has 1 atom stereocenters. The van der Waals surface area contributed by atoms with Crippen LogP contribution in [0.1, 0.15) is 35.7 Å². The van der Waals surface area contributed by atoms with Crippen LogP contribution in [0.3, 0.4) is 0 Å². The standard InChI is InChI=1S/C20H23N3O2/c1-14-7-8-17(22-10-3-4-11-22)16(12-14)20(24)23-13-15(2)25-19-18(23)6-5-9-21-19/h5-9,12,15H,3-4,10-11,13H2,1-2H3. The molecule has 0 aliphatic carbocycles. The Morgan fingerprint density at radius 3 is 2.80 bits per heavy atom. The minimum Gasteiger partial charge on any atom is -0.471 e. The second-order valence-corrected chi connectivity index (χ2v) is 6.89. The summed E-state index contributed by atoms with van der Waals surface area (Å²) in [5.74, 6) is 0.556. The Kier molecular flexibility index (Phi) is 4.07. The van der Waals surface area contributed by atoms with Crippen LogP contribution in [0.15, 0.2) is 36.5 Å². The van der Waals surface area contributed by atoms with Crippen LogP contribution >= 0.6 is 0 Å². The highest BCUT2D eigenvalue weighted by molar-refractivity contribution is 6.10. The summed E-state index contributed by atoms with van der Waals surface area (Å²) in [5, 5.41) is 0. The van der Waals surface area contributed by atoms with Gasteiger partial charge in [0.15, 0.2) is 0 Å². The number of ether oxygens (including phenoxy) is 1. The predicted molar refractivity (Wildman–Crippen MR) is 98.6 cm³/mol. The Bertz CT molecular complexity index is 799. The van der Waals surface area contributed by atoms with Crippen LogP contribution in [0.25, 0.3) is 0 Å². The number of fused-ring (bicyclic) bond motifs is 1. The van der Waals surface area contributed by atoms with E-state index in [1.807, 2.05) is 36.9 Å². The summed E-state index contributed by atoms with van der Waals surface area (Å²) in [5.41, 5.74) is 3.65. The highest BCUT2D eigenvalue weighted by atomic mass is 16.5. The zero-order valence-corrected chi connectivity index (χ0v) is 14.7. The molecule has 2 aliphatic rings. The third-order valence-corrected chi connectivity index (χ3v) is 4.87. The van der Waals surface area contributed by atoms with E-state index in [0.29, 0.717) is 12.4 Å². The van der Waals surface area contributed by atoms with Crippen molar-refractivity contribution in [3.8, 4) is 5.88 Å². The molecule has 0 N–H and O–H groups in total. The van der Waals surface area contributed by atoms with Gasteiger partial charge in [0.25, 0.3) is 5.91 Å². The van der Waals surface area contributed by atoms with E-state index < -0.39 is 0 Å². The topological polar surface area (TPSA) is 45.7 Å².